The summed E-state index contributed by atoms with van der Waals surface area (Å²) >= 11 is 0. The third-order valence-electron chi connectivity index (χ3n) is 5.65. The van der Waals surface area contributed by atoms with E-state index in [4.69, 9.17) is 8.83 Å². The molecule has 0 bridgehead atoms. The molecule has 0 spiro atoms. The van der Waals surface area contributed by atoms with E-state index in [-0.39, 0.29) is 23.1 Å². The average molecular weight is 358 g/mol. The first-order valence-electron chi connectivity index (χ1n) is 9.26. The number of hydrogen-bond donors (Lipinski definition) is 0. The van der Waals surface area contributed by atoms with Crippen LogP contribution in [0.1, 0.15) is 42.2 Å². The van der Waals surface area contributed by atoms with Crippen molar-refractivity contribution in [3.8, 4) is 0 Å². The number of benzene rings is 2. The predicted molar refractivity (Wildman–Crippen MR) is 104 cm³/mol. The third kappa shape index (κ3) is 2.69. The highest BCUT2D eigenvalue weighted by Crippen LogP contribution is 2.44. The van der Waals surface area contributed by atoms with Crippen LogP contribution >= 0.6 is 0 Å². The van der Waals surface area contributed by atoms with E-state index in [9.17, 15) is 9.59 Å². The molecule has 134 valence electrons. The molecule has 1 saturated carbocycles. The topological polar surface area (TPSA) is 60.4 Å². The predicted octanol–water partition coefficient (Wildman–Crippen LogP) is 4.95. The molecule has 1 aliphatic rings. The van der Waals surface area contributed by atoms with Crippen molar-refractivity contribution in [1.29, 1.82) is 0 Å². The van der Waals surface area contributed by atoms with Gasteiger partial charge in [-0.3, -0.25) is 0 Å². The van der Waals surface area contributed by atoms with E-state index in [1.807, 2.05) is 48.5 Å². The number of fused-ring (bicyclic) bond motifs is 2. The van der Waals surface area contributed by atoms with Crippen LogP contribution in [0.3, 0.4) is 0 Å². The first-order chi connectivity index (χ1) is 13.2. The molecule has 2 atom stereocenters. The molecule has 4 heteroatoms. The summed E-state index contributed by atoms with van der Waals surface area (Å²) < 4.78 is 11.1. The van der Waals surface area contributed by atoms with Crippen LogP contribution in [0, 0.1) is 0 Å². The smallest absolute Gasteiger partial charge is 0.339 e. The van der Waals surface area contributed by atoms with Crippen molar-refractivity contribution >= 4 is 21.9 Å². The lowest BCUT2D eigenvalue weighted by atomic mass is 9.85. The molecule has 4 nitrogen and oxygen atoms in total. The van der Waals surface area contributed by atoms with Crippen molar-refractivity contribution in [3.05, 3.63) is 92.6 Å². The van der Waals surface area contributed by atoms with Crippen LogP contribution in [0.2, 0.25) is 0 Å². The summed E-state index contributed by atoms with van der Waals surface area (Å²) in [4.78, 5) is 25.3. The molecule has 1 fully saturated rings. The summed E-state index contributed by atoms with van der Waals surface area (Å²) in [7, 11) is 0. The fourth-order valence-electron chi connectivity index (χ4n) is 4.38. The zero-order valence-corrected chi connectivity index (χ0v) is 14.7. The lowest BCUT2D eigenvalue weighted by Crippen LogP contribution is -2.19. The second-order valence-corrected chi connectivity index (χ2v) is 7.20. The van der Waals surface area contributed by atoms with E-state index in [0.717, 1.165) is 30.0 Å². The van der Waals surface area contributed by atoms with Gasteiger partial charge in [0.1, 0.15) is 11.2 Å². The van der Waals surface area contributed by atoms with Crippen LogP contribution in [0.4, 0.5) is 0 Å². The normalized spacial score (nSPS) is 19.7. The second-order valence-electron chi connectivity index (χ2n) is 7.20. The molecule has 2 unspecified atom stereocenters. The molecule has 0 aliphatic heterocycles. The maximum atomic E-state index is 12.6. The Labute approximate surface area is 155 Å². The number of hydrogen-bond acceptors (Lipinski definition) is 4. The minimum atomic E-state index is -0.309. The molecule has 2 aromatic carbocycles. The van der Waals surface area contributed by atoms with Crippen LogP contribution in [0.5, 0.6) is 0 Å². The highest BCUT2D eigenvalue weighted by molar-refractivity contribution is 5.78. The van der Waals surface area contributed by atoms with Crippen LogP contribution in [-0.2, 0) is 0 Å². The molecule has 2 heterocycles. The van der Waals surface area contributed by atoms with Crippen LogP contribution in [0.25, 0.3) is 21.9 Å². The summed E-state index contributed by atoms with van der Waals surface area (Å²) in [5, 5.41) is 1.81. The van der Waals surface area contributed by atoms with Gasteiger partial charge in [0.25, 0.3) is 0 Å². The fraction of sp³-hybridized carbons (Fsp3) is 0.217. The summed E-state index contributed by atoms with van der Waals surface area (Å²) in [6.45, 7) is 0. The fourth-order valence-corrected chi connectivity index (χ4v) is 4.38. The van der Waals surface area contributed by atoms with Crippen molar-refractivity contribution < 1.29 is 8.83 Å². The van der Waals surface area contributed by atoms with Gasteiger partial charge in [-0.25, -0.2) is 9.59 Å². The van der Waals surface area contributed by atoms with E-state index in [1.165, 1.54) is 0 Å². The van der Waals surface area contributed by atoms with Gasteiger partial charge >= 0.3 is 11.3 Å². The van der Waals surface area contributed by atoms with Crippen molar-refractivity contribution in [2.45, 2.75) is 31.1 Å². The minimum absolute atomic E-state index is 0.0325. The zero-order valence-electron chi connectivity index (χ0n) is 14.7. The van der Waals surface area contributed by atoms with Crippen LogP contribution < -0.4 is 11.3 Å². The van der Waals surface area contributed by atoms with E-state index >= 15 is 0 Å². The lowest BCUT2D eigenvalue weighted by Gasteiger charge is -2.19. The van der Waals surface area contributed by atoms with Gasteiger partial charge < -0.3 is 8.83 Å². The molecule has 5 rings (SSSR count). The molecule has 4 aromatic rings. The molecule has 27 heavy (non-hydrogen) atoms. The van der Waals surface area contributed by atoms with Gasteiger partial charge in [-0.15, -0.1) is 0 Å². The third-order valence-corrected chi connectivity index (χ3v) is 5.65. The Morgan fingerprint density at radius 2 is 1.11 bits per heavy atom. The van der Waals surface area contributed by atoms with Crippen molar-refractivity contribution in [2.75, 3.05) is 0 Å². The van der Waals surface area contributed by atoms with Gasteiger partial charge in [0.05, 0.1) is 0 Å². The summed E-state index contributed by atoms with van der Waals surface area (Å²) in [6.07, 6.45) is 2.69. The molecule has 0 amide bonds. The van der Waals surface area contributed by atoms with Gasteiger partial charge in [0.15, 0.2) is 0 Å². The molecule has 0 radical (unpaired) electrons. The Kier molecular flexibility index (Phi) is 3.71. The van der Waals surface area contributed by atoms with Crippen LogP contribution in [0.15, 0.2) is 79.1 Å². The first-order valence-corrected chi connectivity index (χ1v) is 9.26. The molecular weight excluding hydrogens is 340 g/mol. The summed E-state index contributed by atoms with van der Waals surface area (Å²) in [6, 6.07) is 18.9. The van der Waals surface area contributed by atoms with E-state index in [2.05, 4.69) is 0 Å². The highest BCUT2D eigenvalue weighted by Gasteiger charge is 2.34. The van der Waals surface area contributed by atoms with Crippen molar-refractivity contribution in [2.24, 2.45) is 0 Å². The van der Waals surface area contributed by atoms with Gasteiger partial charge in [0, 0.05) is 21.9 Å². The Hall–Kier alpha value is -3.14. The Balaban J connectivity index is 1.64. The minimum Gasteiger partial charge on any atom is -0.423 e. The van der Waals surface area contributed by atoms with Gasteiger partial charge in [-0.1, -0.05) is 42.8 Å². The van der Waals surface area contributed by atoms with E-state index < -0.39 is 0 Å². The highest BCUT2D eigenvalue weighted by atomic mass is 16.4. The van der Waals surface area contributed by atoms with E-state index in [1.54, 1.807) is 12.1 Å². The first kappa shape index (κ1) is 16.1. The Bertz CT molecular complexity index is 1170. The number of para-hydroxylation sites is 2. The Morgan fingerprint density at radius 3 is 1.59 bits per heavy atom. The molecular formula is C23H18O4. The maximum absolute atomic E-state index is 12.6. The molecule has 2 aromatic heterocycles. The monoisotopic (exact) mass is 358 g/mol. The van der Waals surface area contributed by atoms with E-state index in [0.29, 0.717) is 22.3 Å². The van der Waals surface area contributed by atoms with Crippen LogP contribution in [-0.4, -0.2) is 0 Å². The van der Waals surface area contributed by atoms with Gasteiger partial charge in [-0.05, 0) is 48.9 Å². The summed E-state index contributed by atoms with van der Waals surface area (Å²) in [5.74, 6) is -0.0650. The van der Waals surface area contributed by atoms with Gasteiger partial charge in [-0.2, -0.15) is 0 Å². The van der Waals surface area contributed by atoms with Gasteiger partial charge in [0.2, 0.25) is 0 Å². The molecule has 0 saturated heterocycles. The maximum Gasteiger partial charge on any atom is 0.339 e. The second kappa shape index (κ2) is 6.23. The quantitative estimate of drug-likeness (QED) is 0.476. The lowest BCUT2D eigenvalue weighted by molar-refractivity contribution is 0.503. The largest absolute Gasteiger partial charge is 0.423 e. The zero-order chi connectivity index (χ0) is 18.4. The average Bonchev–Trinajstić information content (AvgIpc) is 3.16. The Morgan fingerprint density at radius 1 is 0.667 bits per heavy atom. The summed E-state index contributed by atoms with van der Waals surface area (Å²) in [5.41, 5.74) is 1.87. The SMILES string of the molecule is O=c1oc2ccccc2cc1C1CCCC1c1cc2ccccc2oc1=O. The van der Waals surface area contributed by atoms with Crippen molar-refractivity contribution in [3.63, 3.8) is 0 Å². The molecule has 0 N–H and O–H groups in total. The van der Waals surface area contributed by atoms with Crippen molar-refractivity contribution in [1.82, 2.24) is 0 Å². The standard InChI is InChI=1S/C23H18O4/c24-22-18(12-14-6-1-3-10-20(14)26-22)16-8-5-9-17(16)19-13-15-7-2-4-11-21(15)27-23(19)25/h1-4,6-7,10-13,16-17H,5,8-9H2. The molecule has 1 aliphatic carbocycles. The number of rotatable bonds is 2.